The van der Waals surface area contributed by atoms with Crippen LogP contribution in [0.5, 0.6) is 0 Å². The second-order valence-electron chi connectivity index (χ2n) is 4.33. The number of carboxylic acid groups (broad SMARTS) is 1. The van der Waals surface area contributed by atoms with E-state index in [2.05, 4.69) is 10.3 Å². The van der Waals surface area contributed by atoms with Gasteiger partial charge in [0.05, 0.1) is 11.2 Å². The molecule has 0 bridgehead atoms. The lowest BCUT2D eigenvalue weighted by Crippen LogP contribution is -2.01. The van der Waals surface area contributed by atoms with E-state index < -0.39 is 11.8 Å². The molecular formula is C15H10FN3O2. The first-order chi connectivity index (χ1) is 10.2. The van der Waals surface area contributed by atoms with Gasteiger partial charge in [0.25, 0.3) is 0 Å². The van der Waals surface area contributed by atoms with Crippen molar-refractivity contribution < 1.29 is 14.3 Å². The molecule has 0 spiro atoms. The molecule has 6 heteroatoms. The van der Waals surface area contributed by atoms with E-state index in [1.807, 2.05) is 18.2 Å². The molecule has 0 radical (unpaired) electrons. The zero-order valence-electron chi connectivity index (χ0n) is 10.8. The van der Waals surface area contributed by atoms with Crippen molar-refractivity contribution in [1.29, 1.82) is 0 Å². The SMILES string of the molecule is O=C(O)/C=C/c1c(F)cccc1-n1nnc2ccccc21. The molecule has 0 aliphatic rings. The molecule has 0 aliphatic carbocycles. The Morgan fingerprint density at radius 3 is 2.81 bits per heavy atom. The highest BCUT2D eigenvalue weighted by atomic mass is 19.1. The lowest BCUT2D eigenvalue weighted by atomic mass is 10.1. The molecule has 21 heavy (non-hydrogen) atoms. The first-order valence-electron chi connectivity index (χ1n) is 6.17. The smallest absolute Gasteiger partial charge is 0.328 e. The Morgan fingerprint density at radius 2 is 2.00 bits per heavy atom. The number of para-hydroxylation sites is 1. The molecule has 0 unspecified atom stereocenters. The predicted molar refractivity (Wildman–Crippen MR) is 75.5 cm³/mol. The van der Waals surface area contributed by atoms with Crippen LogP contribution in [0, 0.1) is 5.82 Å². The van der Waals surface area contributed by atoms with Crippen LogP contribution < -0.4 is 0 Å². The molecular weight excluding hydrogens is 273 g/mol. The summed E-state index contributed by atoms with van der Waals surface area (Å²) in [6.45, 7) is 0. The molecule has 0 saturated carbocycles. The number of hydrogen-bond acceptors (Lipinski definition) is 3. The van der Waals surface area contributed by atoms with E-state index >= 15 is 0 Å². The number of carbonyl (C=O) groups is 1. The van der Waals surface area contributed by atoms with Crippen LogP contribution >= 0.6 is 0 Å². The van der Waals surface area contributed by atoms with Gasteiger partial charge in [0.2, 0.25) is 0 Å². The minimum absolute atomic E-state index is 0.149. The minimum atomic E-state index is -1.15. The van der Waals surface area contributed by atoms with E-state index in [0.29, 0.717) is 16.7 Å². The largest absolute Gasteiger partial charge is 0.478 e. The minimum Gasteiger partial charge on any atom is -0.478 e. The number of carboxylic acids is 1. The van der Waals surface area contributed by atoms with Gasteiger partial charge in [-0.2, -0.15) is 0 Å². The van der Waals surface area contributed by atoms with Crippen molar-refractivity contribution in [2.45, 2.75) is 0 Å². The lowest BCUT2D eigenvalue weighted by Gasteiger charge is -2.07. The van der Waals surface area contributed by atoms with Gasteiger partial charge >= 0.3 is 5.97 Å². The zero-order valence-corrected chi connectivity index (χ0v) is 10.8. The van der Waals surface area contributed by atoms with E-state index in [9.17, 15) is 9.18 Å². The number of fused-ring (bicyclic) bond motifs is 1. The molecule has 0 amide bonds. The third kappa shape index (κ3) is 2.38. The van der Waals surface area contributed by atoms with Gasteiger partial charge in [-0.3, -0.25) is 0 Å². The molecule has 3 rings (SSSR count). The number of nitrogens with zero attached hydrogens (tertiary/aromatic N) is 3. The highest BCUT2D eigenvalue weighted by Gasteiger charge is 2.12. The summed E-state index contributed by atoms with van der Waals surface area (Å²) in [5, 5.41) is 16.7. The van der Waals surface area contributed by atoms with Crippen LogP contribution in [0.4, 0.5) is 4.39 Å². The van der Waals surface area contributed by atoms with Gasteiger partial charge in [-0.15, -0.1) is 5.10 Å². The molecule has 104 valence electrons. The standard InChI is InChI=1S/C15H10FN3O2/c16-11-4-3-7-13(10(11)8-9-15(20)21)19-14-6-2-1-5-12(14)17-18-19/h1-9H,(H,20,21)/b9-8+. The highest BCUT2D eigenvalue weighted by Crippen LogP contribution is 2.22. The Labute approximate surface area is 118 Å². The summed E-state index contributed by atoms with van der Waals surface area (Å²) >= 11 is 0. The number of aromatic nitrogens is 3. The Balaban J connectivity index is 2.23. The highest BCUT2D eigenvalue weighted by molar-refractivity contribution is 5.86. The average molecular weight is 283 g/mol. The van der Waals surface area contributed by atoms with Crippen molar-refractivity contribution in [1.82, 2.24) is 15.0 Å². The molecule has 0 aliphatic heterocycles. The van der Waals surface area contributed by atoms with E-state index in [1.54, 1.807) is 18.2 Å². The summed E-state index contributed by atoms with van der Waals surface area (Å²) in [6, 6.07) is 11.7. The Kier molecular flexibility index (Phi) is 3.19. The fraction of sp³-hybridized carbons (Fsp3) is 0. The van der Waals surface area contributed by atoms with E-state index in [4.69, 9.17) is 5.11 Å². The Bertz CT molecular complexity index is 855. The third-order valence-electron chi connectivity index (χ3n) is 3.00. The van der Waals surface area contributed by atoms with Gasteiger partial charge in [0.1, 0.15) is 11.3 Å². The summed E-state index contributed by atoms with van der Waals surface area (Å²) in [5.41, 5.74) is 1.97. The summed E-state index contributed by atoms with van der Waals surface area (Å²) in [7, 11) is 0. The second-order valence-corrected chi connectivity index (χ2v) is 4.33. The van der Waals surface area contributed by atoms with E-state index in [1.165, 1.54) is 16.8 Å². The summed E-state index contributed by atoms with van der Waals surface area (Å²) in [5.74, 6) is -1.67. The average Bonchev–Trinajstić information content (AvgIpc) is 2.89. The van der Waals surface area contributed by atoms with Crippen LogP contribution in [-0.2, 0) is 4.79 Å². The van der Waals surface area contributed by atoms with Crippen molar-refractivity contribution in [3.63, 3.8) is 0 Å². The molecule has 0 atom stereocenters. The van der Waals surface area contributed by atoms with Crippen LogP contribution in [0.25, 0.3) is 22.8 Å². The van der Waals surface area contributed by atoms with Crippen molar-refractivity contribution in [2.75, 3.05) is 0 Å². The fourth-order valence-electron chi connectivity index (χ4n) is 2.08. The maximum absolute atomic E-state index is 14.0. The summed E-state index contributed by atoms with van der Waals surface area (Å²) < 4.78 is 15.5. The number of hydrogen-bond donors (Lipinski definition) is 1. The molecule has 1 aromatic heterocycles. The normalized spacial score (nSPS) is 11.3. The van der Waals surface area contributed by atoms with Gasteiger partial charge < -0.3 is 5.11 Å². The van der Waals surface area contributed by atoms with Crippen LogP contribution in [0.3, 0.4) is 0 Å². The van der Waals surface area contributed by atoms with Crippen LogP contribution in [0.15, 0.2) is 48.5 Å². The van der Waals surface area contributed by atoms with Crippen molar-refractivity contribution >= 4 is 23.1 Å². The van der Waals surface area contributed by atoms with Gasteiger partial charge in [-0.05, 0) is 30.3 Å². The van der Waals surface area contributed by atoms with Crippen LogP contribution in [0.1, 0.15) is 5.56 Å². The second kappa shape index (κ2) is 5.16. The first-order valence-corrected chi connectivity index (χ1v) is 6.17. The van der Waals surface area contributed by atoms with Crippen molar-refractivity contribution in [3.8, 4) is 5.69 Å². The van der Waals surface area contributed by atoms with Gasteiger partial charge in [0.15, 0.2) is 0 Å². The van der Waals surface area contributed by atoms with Crippen molar-refractivity contribution in [2.24, 2.45) is 0 Å². The number of rotatable bonds is 3. The molecule has 1 N–H and O–H groups in total. The number of aliphatic carboxylic acids is 1. The Hall–Kier alpha value is -3.02. The predicted octanol–water partition coefficient (Wildman–Crippen LogP) is 2.66. The van der Waals surface area contributed by atoms with Gasteiger partial charge in [-0.25, -0.2) is 13.9 Å². The molecule has 2 aromatic carbocycles. The molecule has 5 nitrogen and oxygen atoms in total. The lowest BCUT2D eigenvalue weighted by molar-refractivity contribution is -0.131. The number of benzene rings is 2. The molecule has 3 aromatic rings. The maximum atomic E-state index is 14.0. The van der Waals surface area contributed by atoms with E-state index in [-0.39, 0.29) is 5.56 Å². The Morgan fingerprint density at radius 1 is 1.19 bits per heavy atom. The van der Waals surface area contributed by atoms with E-state index in [0.717, 1.165) is 6.08 Å². The zero-order chi connectivity index (χ0) is 14.8. The first kappa shape index (κ1) is 13.0. The topological polar surface area (TPSA) is 68.0 Å². The third-order valence-corrected chi connectivity index (χ3v) is 3.00. The maximum Gasteiger partial charge on any atom is 0.328 e. The molecule has 0 saturated heterocycles. The summed E-state index contributed by atoms with van der Waals surface area (Å²) in [6.07, 6.45) is 2.10. The molecule has 0 fully saturated rings. The van der Waals surface area contributed by atoms with Crippen molar-refractivity contribution in [3.05, 3.63) is 59.9 Å². The number of halogens is 1. The fourth-order valence-corrected chi connectivity index (χ4v) is 2.08. The van der Waals surface area contributed by atoms with Gasteiger partial charge in [0, 0.05) is 11.6 Å². The van der Waals surface area contributed by atoms with Gasteiger partial charge in [-0.1, -0.05) is 23.4 Å². The quantitative estimate of drug-likeness (QED) is 0.750. The molecule has 1 heterocycles. The van der Waals surface area contributed by atoms with Crippen LogP contribution in [-0.4, -0.2) is 26.1 Å². The summed E-state index contributed by atoms with van der Waals surface area (Å²) in [4.78, 5) is 10.7. The van der Waals surface area contributed by atoms with Crippen LogP contribution in [0.2, 0.25) is 0 Å². The monoisotopic (exact) mass is 283 g/mol.